The number of halogens is 1. The summed E-state index contributed by atoms with van der Waals surface area (Å²) in [5, 5.41) is 9.10. The zero-order valence-electron chi connectivity index (χ0n) is 17.8. The van der Waals surface area contributed by atoms with Crippen LogP contribution in [0.3, 0.4) is 0 Å². The number of pyridine rings is 1. The Labute approximate surface area is 197 Å². The fourth-order valence-electron chi connectivity index (χ4n) is 3.40. The monoisotopic (exact) mass is 471 g/mol. The molecule has 0 unspecified atom stereocenters. The number of thiophene rings is 1. The number of carbonyl (C=O) groups is 1. The first kappa shape index (κ1) is 21.5. The van der Waals surface area contributed by atoms with E-state index in [4.69, 9.17) is 0 Å². The standard InChI is InChI=1S/C25H18FN5O2S/c26-18-8-12-20(13-9-18)31-24(21-4-3-15-34-21)28-23(29-31)25(33)27-19-10-6-17(7-11-19)16-30-14-2-1-5-22(30)32/h1-15H,16H2,(H,27,33). The summed E-state index contributed by atoms with van der Waals surface area (Å²) in [5.41, 5.74) is 2.01. The van der Waals surface area contributed by atoms with Gasteiger partial charge >= 0.3 is 0 Å². The van der Waals surface area contributed by atoms with Gasteiger partial charge in [0, 0.05) is 18.0 Å². The Morgan fingerprint density at radius 2 is 1.76 bits per heavy atom. The van der Waals surface area contributed by atoms with Gasteiger partial charge in [-0.15, -0.1) is 16.4 Å². The molecule has 3 aromatic heterocycles. The Hall–Kier alpha value is -4.37. The molecule has 2 aromatic carbocycles. The number of carbonyl (C=O) groups excluding carboxylic acids is 1. The molecule has 0 aliphatic heterocycles. The van der Waals surface area contributed by atoms with E-state index in [-0.39, 0.29) is 17.2 Å². The zero-order valence-corrected chi connectivity index (χ0v) is 18.6. The molecule has 3 heterocycles. The van der Waals surface area contributed by atoms with Gasteiger partial charge < -0.3 is 9.88 Å². The summed E-state index contributed by atoms with van der Waals surface area (Å²) in [6.45, 7) is 0.432. The zero-order chi connectivity index (χ0) is 23.5. The second kappa shape index (κ2) is 9.24. The molecule has 5 aromatic rings. The SMILES string of the molecule is O=C(Nc1ccc(Cn2ccccc2=O)cc1)c1nc(-c2cccs2)n(-c2ccc(F)cc2)n1. The van der Waals surface area contributed by atoms with Crippen LogP contribution in [0.1, 0.15) is 16.2 Å². The van der Waals surface area contributed by atoms with Crippen LogP contribution < -0.4 is 10.9 Å². The van der Waals surface area contributed by atoms with Crippen molar-refractivity contribution in [2.24, 2.45) is 0 Å². The molecule has 9 heteroatoms. The van der Waals surface area contributed by atoms with Crippen LogP contribution >= 0.6 is 11.3 Å². The fourth-order valence-corrected chi connectivity index (χ4v) is 4.10. The first-order valence-electron chi connectivity index (χ1n) is 10.4. The lowest BCUT2D eigenvalue weighted by molar-refractivity contribution is 0.101. The van der Waals surface area contributed by atoms with Gasteiger partial charge in [-0.05, 0) is 59.5 Å². The molecule has 168 valence electrons. The number of hydrogen-bond acceptors (Lipinski definition) is 5. The minimum Gasteiger partial charge on any atom is -0.319 e. The number of hydrogen-bond donors (Lipinski definition) is 1. The predicted octanol–water partition coefficient (Wildman–Crippen LogP) is 4.60. The molecule has 1 amide bonds. The van der Waals surface area contributed by atoms with Crippen molar-refractivity contribution < 1.29 is 9.18 Å². The summed E-state index contributed by atoms with van der Waals surface area (Å²) in [5.74, 6) is -0.339. The highest BCUT2D eigenvalue weighted by Gasteiger charge is 2.19. The van der Waals surface area contributed by atoms with Crippen LogP contribution in [0.5, 0.6) is 0 Å². The fraction of sp³-hybridized carbons (Fsp3) is 0.0400. The largest absolute Gasteiger partial charge is 0.319 e. The maximum absolute atomic E-state index is 13.4. The Balaban J connectivity index is 1.37. The van der Waals surface area contributed by atoms with Crippen molar-refractivity contribution in [2.45, 2.75) is 6.54 Å². The highest BCUT2D eigenvalue weighted by molar-refractivity contribution is 7.13. The quantitative estimate of drug-likeness (QED) is 0.393. The molecule has 0 saturated heterocycles. The Kier molecular flexibility index (Phi) is 5.84. The maximum atomic E-state index is 13.4. The van der Waals surface area contributed by atoms with E-state index < -0.39 is 5.91 Å². The number of aromatic nitrogens is 4. The number of benzene rings is 2. The van der Waals surface area contributed by atoms with Gasteiger partial charge in [-0.1, -0.05) is 24.3 Å². The molecular weight excluding hydrogens is 453 g/mol. The summed E-state index contributed by atoms with van der Waals surface area (Å²) in [7, 11) is 0. The summed E-state index contributed by atoms with van der Waals surface area (Å²) in [6.07, 6.45) is 1.73. The molecule has 1 N–H and O–H groups in total. The molecule has 34 heavy (non-hydrogen) atoms. The lowest BCUT2D eigenvalue weighted by Crippen LogP contribution is -2.18. The van der Waals surface area contributed by atoms with E-state index in [1.165, 1.54) is 34.2 Å². The van der Waals surface area contributed by atoms with Crippen LogP contribution in [-0.4, -0.2) is 25.2 Å². The number of rotatable bonds is 6. The molecule has 0 aliphatic rings. The van der Waals surface area contributed by atoms with Crippen molar-refractivity contribution in [1.82, 2.24) is 19.3 Å². The van der Waals surface area contributed by atoms with Gasteiger partial charge in [0.25, 0.3) is 11.5 Å². The second-order valence-electron chi connectivity index (χ2n) is 7.44. The predicted molar refractivity (Wildman–Crippen MR) is 129 cm³/mol. The third kappa shape index (κ3) is 4.55. The number of anilines is 1. The molecule has 0 spiro atoms. The molecule has 0 radical (unpaired) electrons. The lowest BCUT2D eigenvalue weighted by Gasteiger charge is -2.07. The van der Waals surface area contributed by atoms with Crippen molar-refractivity contribution in [2.75, 3.05) is 5.32 Å². The molecule has 5 rings (SSSR count). The Morgan fingerprint density at radius 1 is 0.971 bits per heavy atom. The second-order valence-corrected chi connectivity index (χ2v) is 8.39. The van der Waals surface area contributed by atoms with Crippen LogP contribution in [-0.2, 0) is 6.54 Å². The van der Waals surface area contributed by atoms with Gasteiger partial charge in [-0.2, -0.15) is 0 Å². The summed E-state index contributed by atoms with van der Waals surface area (Å²) < 4.78 is 16.5. The van der Waals surface area contributed by atoms with E-state index in [0.717, 1.165) is 10.4 Å². The van der Waals surface area contributed by atoms with Crippen LogP contribution in [0, 0.1) is 5.82 Å². The number of amides is 1. The first-order chi connectivity index (χ1) is 16.6. The molecule has 0 bridgehead atoms. The van der Waals surface area contributed by atoms with E-state index in [1.54, 1.807) is 47.2 Å². The van der Waals surface area contributed by atoms with Crippen LogP contribution in [0.4, 0.5) is 10.1 Å². The van der Waals surface area contributed by atoms with Crippen molar-refractivity contribution >= 4 is 22.9 Å². The topological polar surface area (TPSA) is 81.8 Å². The van der Waals surface area contributed by atoms with E-state index in [2.05, 4.69) is 15.4 Å². The number of nitrogens with one attached hydrogen (secondary N) is 1. The Morgan fingerprint density at radius 3 is 2.47 bits per heavy atom. The number of nitrogens with zero attached hydrogens (tertiary/aromatic N) is 4. The molecule has 0 saturated carbocycles. The lowest BCUT2D eigenvalue weighted by atomic mass is 10.2. The average Bonchev–Trinajstić information content (AvgIpc) is 3.53. The third-order valence-corrected chi connectivity index (χ3v) is 5.95. The highest BCUT2D eigenvalue weighted by Crippen LogP contribution is 2.26. The molecule has 0 atom stereocenters. The normalized spacial score (nSPS) is 10.9. The van der Waals surface area contributed by atoms with Gasteiger partial charge in [0.2, 0.25) is 5.82 Å². The van der Waals surface area contributed by atoms with Crippen molar-refractivity contribution in [3.63, 3.8) is 0 Å². The third-order valence-electron chi connectivity index (χ3n) is 5.09. The van der Waals surface area contributed by atoms with Crippen molar-refractivity contribution in [3.05, 3.63) is 118 Å². The van der Waals surface area contributed by atoms with Gasteiger partial charge in [0.05, 0.1) is 17.1 Å². The average molecular weight is 472 g/mol. The first-order valence-corrected chi connectivity index (χ1v) is 11.3. The summed E-state index contributed by atoms with van der Waals surface area (Å²) in [6, 6.07) is 21.8. The molecule has 0 fully saturated rings. The Bertz CT molecular complexity index is 1490. The molecule has 0 aliphatic carbocycles. The highest BCUT2D eigenvalue weighted by atomic mass is 32.1. The minimum atomic E-state index is -0.467. The van der Waals surface area contributed by atoms with Gasteiger partial charge in [-0.3, -0.25) is 9.59 Å². The smallest absolute Gasteiger partial charge is 0.295 e. The van der Waals surface area contributed by atoms with Gasteiger partial charge in [0.15, 0.2) is 5.82 Å². The summed E-state index contributed by atoms with van der Waals surface area (Å²) in [4.78, 5) is 30.1. The molecule has 7 nitrogen and oxygen atoms in total. The van der Waals surface area contributed by atoms with Crippen LogP contribution in [0.2, 0.25) is 0 Å². The van der Waals surface area contributed by atoms with Crippen LogP contribution in [0.15, 0.2) is 95.2 Å². The van der Waals surface area contributed by atoms with E-state index in [1.807, 2.05) is 29.6 Å². The van der Waals surface area contributed by atoms with Crippen LogP contribution in [0.25, 0.3) is 16.4 Å². The molecular formula is C25H18FN5O2S. The van der Waals surface area contributed by atoms with E-state index in [9.17, 15) is 14.0 Å². The van der Waals surface area contributed by atoms with E-state index in [0.29, 0.717) is 23.7 Å². The van der Waals surface area contributed by atoms with Crippen molar-refractivity contribution in [3.8, 4) is 16.4 Å². The summed E-state index contributed by atoms with van der Waals surface area (Å²) >= 11 is 1.47. The minimum absolute atomic E-state index is 0.00682. The van der Waals surface area contributed by atoms with Crippen molar-refractivity contribution in [1.29, 1.82) is 0 Å². The van der Waals surface area contributed by atoms with E-state index >= 15 is 0 Å². The maximum Gasteiger partial charge on any atom is 0.295 e. The van der Waals surface area contributed by atoms with Gasteiger partial charge in [-0.25, -0.2) is 14.1 Å². The van der Waals surface area contributed by atoms with Gasteiger partial charge in [0.1, 0.15) is 5.82 Å².